The maximum atomic E-state index is 6.37. The molecule has 2 nitrogen and oxygen atoms in total. The molecule has 0 saturated heterocycles. The molecule has 0 bridgehead atoms. The predicted molar refractivity (Wildman–Crippen MR) is 102 cm³/mol. The first kappa shape index (κ1) is 18.4. The highest BCUT2D eigenvalue weighted by atomic mass is 16.5. The Kier molecular flexibility index (Phi) is 7.23. The van der Waals surface area contributed by atoms with Crippen molar-refractivity contribution >= 4 is 0 Å². The van der Waals surface area contributed by atoms with Crippen molar-refractivity contribution < 1.29 is 4.74 Å². The molecule has 2 aromatic carbocycles. The molecule has 2 aromatic rings. The van der Waals surface area contributed by atoms with Crippen LogP contribution >= 0.6 is 0 Å². The Morgan fingerprint density at radius 3 is 1.96 bits per heavy atom. The molecule has 0 aromatic heterocycles. The zero-order chi connectivity index (χ0) is 17.3. The van der Waals surface area contributed by atoms with Crippen molar-refractivity contribution in [2.75, 3.05) is 19.7 Å². The molecule has 0 aliphatic carbocycles. The molecule has 1 N–H and O–H groups in total. The van der Waals surface area contributed by atoms with Crippen LogP contribution in [0.2, 0.25) is 0 Å². The number of rotatable bonds is 9. The van der Waals surface area contributed by atoms with Gasteiger partial charge in [-0.1, -0.05) is 72.3 Å². The van der Waals surface area contributed by atoms with Gasteiger partial charge in [-0.2, -0.15) is 0 Å². The van der Waals surface area contributed by atoms with E-state index in [0.717, 1.165) is 19.5 Å². The van der Waals surface area contributed by atoms with Crippen molar-refractivity contribution in [2.24, 2.45) is 0 Å². The summed E-state index contributed by atoms with van der Waals surface area (Å²) in [5.41, 5.74) is 3.35. The first-order chi connectivity index (χ1) is 11.7. The van der Waals surface area contributed by atoms with Crippen LogP contribution in [0.1, 0.15) is 38.3 Å². The van der Waals surface area contributed by atoms with Gasteiger partial charge in [-0.15, -0.1) is 0 Å². The van der Waals surface area contributed by atoms with Crippen LogP contribution in [0, 0.1) is 0 Å². The van der Waals surface area contributed by atoms with Gasteiger partial charge in [0.05, 0.1) is 0 Å². The summed E-state index contributed by atoms with van der Waals surface area (Å²) in [6.07, 6.45) is 3.11. The van der Waals surface area contributed by atoms with Gasteiger partial charge in [0.15, 0.2) is 0 Å². The average molecular weight is 323 g/mol. The van der Waals surface area contributed by atoms with E-state index in [4.69, 9.17) is 4.74 Å². The second kappa shape index (κ2) is 9.41. The van der Waals surface area contributed by atoms with Crippen LogP contribution in [0.5, 0.6) is 0 Å². The fraction of sp³-hybridized carbons (Fsp3) is 0.364. The molecule has 0 amide bonds. The molecule has 128 valence electrons. The first-order valence-electron chi connectivity index (χ1n) is 8.78. The normalized spacial score (nSPS) is 11.3. The predicted octanol–water partition coefficient (Wildman–Crippen LogP) is 4.91. The second-order valence-electron chi connectivity index (χ2n) is 6.23. The molecule has 24 heavy (non-hydrogen) atoms. The van der Waals surface area contributed by atoms with E-state index in [-0.39, 0.29) is 0 Å². The van der Waals surface area contributed by atoms with Crippen LogP contribution in [0.25, 0.3) is 0 Å². The van der Waals surface area contributed by atoms with Crippen LogP contribution in [0.15, 0.2) is 72.3 Å². The molecule has 0 fully saturated rings. The van der Waals surface area contributed by atoms with Crippen molar-refractivity contribution in [1.82, 2.24) is 5.32 Å². The van der Waals surface area contributed by atoms with Gasteiger partial charge in [0.1, 0.15) is 5.60 Å². The van der Waals surface area contributed by atoms with Crippen molar-refractivity contribution in [1.29, 1.82) is 0 Å². The van der Waals surface area contributed by atoms with Crippen molar-refractivity contribution in [3.8, 4) is 0 Å². The number of allylic oxidation sites excluding steroid dienone is 1. The monoisotopic (exact) mass is 323 g/mol. The molecule has 0 saturated carbocycles. The van der Waals surface area contributed by atoms with Gasteiger partial charge in [-0.3, -0.25) is 0 Å². The number of nitrogens with one attached hydrogen (secondary N) is 1. The minimum atomic E-state index is -0.407. The number of hydrogen-bond acceptors (Lipinski definition) is 2. The van der Waals surface area contributed by atoms with Gasteiger partial charge < -0.3 is 10.1 Å². The lowest BCUT2D eigenvalue weighted by Gasteiger charge is -2.35. The molecule has 0 spiro atoms. The summed E-state index contributed by atoms with van der Waals surface area (Å²) in [6.45, 7) is 8.79. The van der Waals surface area contributed by atoms with E-state index in [9.17, 15) is 0 Å². The van der Waals surface area contributed by atoms with E-state index in [1.807, 2.05) is 0 Å². The number of benzene rings is 2. The molecule has 0 unspecified atom stereocenters. The van der Waals surface area contributed by atoms with Gasteiger partial charge >= 0.3 is 0 Å². The van der Waals surface area contributed by atoms with E-state index < -0.39 is 5.60 Å². The topological polar surface area (TPSA) is 21.3 Å². The Hall–Kier alpha value is -1.90. The number of hydrogen-bond donors (Lipinski definition) is 1. The maximum absolute atomic E-state index is 6.37. The molecule has 0 heterocycles. The highest BCUT2D eigenvalue weighted by Crippen LogP contribution is 2.36. The Bertz CT molecular complexity index is 575. The fourth-order valence-electron chi connectivity index (χ4n) is 3.00. The zero-order valence-electron chi connectivity index (χ0n) is 15.1. The lowest BCUT2D eigenvalue weighted by molar-refractivity contribution is -0.0171. The molecule has 0 radical (unpaired) electrons. The molecule has 2 rings (SSSR count). The van der Waals surface area contributed by atoms with E-state index in [1.165, 1.54) is 16.7 Å². The van der Waals surface area contributed by atoms with E-state index >= 15 is 0 Å². The van der Waals surface area contributed by atoms with E-state index in [2.05, 4.69) is 92.8 Å². The maximum Gasteiger partial charge on any atom is 0.119 e. The number of ether oxygens (including phenoxy) is 1. The van der Waals surface area contributed by atoms with Gasteiger partial charge in [0.25, 0.3) is 0 Å². The molecule has 0 aliphatic rings. The van der Waals surface area contributed by atoms with Gasteiger partial charge in [0, 0.05) is 13.2 Å². The van der Waals surface area contributed by atoms with Crippen LogP contribution in [0.4, 0.5) is 0 Å². The Balaban J connectivity index is 2.27. The van der Waals surface area contributed by atoms with Crippen molar-refractivity contribution in [3.05, 3.63) is 83.4 Å². The summed E-state index contributed by atoms with van der Waals surface area (Å²) in [4.78, 5) is 0. The lowest BCUT2D eigenvalue weighted by Crippen LogP contribution is -2.35. The highest BCUT2D eigenvalue weighted by Gasteiger charge is 2.34. The van der Waals surface area contributed by atoms with Crippen LogP contribution in [-0.4, -0.2) is 19.7 Å². The quantitative estimate of drug-likeness (QED) is 0.523. The van der Waals surface area contributed by atoms with Gasteiger partial charge in [-0.05, 0) is 44.9 Å². The SMILES string of the molecule is CCOC(CCNCC=C(C)C)(c1ccccc1)c1ccccc1. The highest BCUT2D eigenvalue weighted by molar-refractivity contribution is 5.36. The third kappa shape index (κ3) is 4.80. The Morgan fingerprint density at radius 1 is 0.958 bits per heavy atom. The lowest BCUT2D eigenvalue weighted by atomic mass is 9.83. The first-order valence-corrected chi connectivity index (χ1v) is 8.78. The molecule has 2 heteroatoms. The van der Waals surface area contributed by atoms with Crippen LogP contribution in [-0.2, 0) is 10.3 Å². The molecule has 0 aliphatic heterocycles. The second-order valence-corrected chi connectivity index (χ2v) is 6.23. The Labute approximate surface area is 146 Å². The van der Waals surface area contributed by atoms with Crippen LogP contribution in [0.3, 0.4) is 0 Å². The summed E-state index contributed by atoms with van der Waals surface area (Å²) in [6, 6.07) is 21.1. The fourth-order valence-corrected chi connectivity index (χ4v) is 3.00. The largest absolute Gasteiger partial charge is 0.366 e. The van der Waals surface area contributed by atoms with Crippen LogP contribution < -0.4 is 5.32 Å². The summed E-state index contributed by atoms with van der Waals surface area (Å²) in [5, 5.41) is 3.51. The third-order valence-corrected chi connectivity index (χ3v) is 4.18. The van der Waals surface area contributed by atoms with Gasteiger partial charge in [0.2, 0.25) is 0 Å². The summed E-state index contributed by atoms with van der Waals surface area (Å²) in [7, 11) is 0. The smallest absolute Gasteiger partial charge is 0.119 e. The van der Waals surface area contributed by atoms with Crippen molar-refractivity contribution in [2.45, 2.75) is 32.8 Å². The summed E-state index contributed by atoms with van der Waals surface area (Å²) >= 11 is 0. The zero-order valence-corrected chi connectivity index (χ0v) is 15.1. The summed E-state index contributed by atoms with van der Waals surface area (Å²) < 4.78 is 6.37. The third-order valence-electron chi connectivity index (χ3n) is 4.18. The molecule has 0 atom stereocenters. The average Bonchev–Trinajstić information content (AvgIpc) is 2.62. The molecular formula is C22H29NO. The van der Waals surface area contributed by atoms with Gasteiger partial charge in [-0.25, -0.2) is 0 Å². The minimum absolute atomic E-state index is 0.407. The molecular weight excluding hydrogens is 294 g/mol. The van der Waals surface area contributed by atoms with Crippen molar-refractivity contribution in [3.63, 3.8) is 0 Å². The standard InChI is InChI=1S/C22H29NO/c1-4-24-22(20-11-7-5-8-12-20,21-13-9-6-10-14-21)16-18-23-17-15-19(2)3/h5-15,23H,4,16-18H2,1-3H3. The van der Waals surface area contributed by atoms with E-state index in [0.29, 0.717) is 6.61 Å². The Morgan fingerprint density at radius 2 is 1.50 bits per heavy atom. The minimum Gasteiger partial charge on any atom is -0.366 e. The summed E-state index contributed by atoms with van der Waals surface area (Å²) in [5.74, 6) is 0. The van der Waals surface area contributed by atoms with E-state index in [1.54, 1.807) is 0 Å².